The minimum Gasteiger partial charge on any atom is -0.246 e. The molecule has 0 N–H and O–H groups in total. The van der Waals surface area contributed by atoms with Gasteiger partial charge in [0.2, 0.25) is 0 Å². The van der Waals surface area contributed by atoms with Crippen LogP contribution >= 0.6 is 27.7 Å². The summed E-state index contributed by atoms with van der Waals surface area (Å²) in [5.74, 6) is 0.902. The molecule has 4 rings (SSSR count). The van der Waals surface area contributed by atoms with E-state index >= 15 is 0 Å². The zero-order chi connectivity index (χ0) is 18.1. The van der Waals surface area contributed by atoms with Crippen LogP contribution in [0.5, 0.6) is 0 Å². The molecule has 0 bridgehead atoms. The van der Waals surface area contributed by atoms with Gasteiger partial charge in [-0.2, -0.15) is 5.10 Å². The number of aryl methyl sites for hydroxylation is 2. The van der Waals surface area contributed by atoms with Crippen LogP contribution in [0.2, 0.25) is 0 Å². The number of halogens is 1. The number of rotatable bonds is 4. The van der Waals surface area contributed by atoms with Gasteiger partial charge in [0, 0.05) is 28.2 Å². The number of hydrogen-bond acceptors (Lipinski definition) is 3. The number of benzene rings is 2. The molecular formula is C21H18BrN3S. The second kappa shape index (κ2) is 7.25. The van der Waals surface area contributed by atoms with E-state index < -0.39 is 0 Å². The Morgan fingerprint density at radius 3 is 2.65 bits per heavy atom. The number of aromatic nitrogens is 3. The molecule has 2 aromatic carbocycles. The van der Waals surface area contributed by atoms with Crippen LogP contribution in [-0.4, -0.2) is 14.6 Å². The summed E-state index contributed by atoms with van der Waals surface area (Å²) in [5, 5.41) is 5.71. The summed E-state index contributed by atoms with van der Waals surface area (Å²) in [6, 6.07) is 16.9. The SMILES string of the molecule is Cc1ccc(C)c(CSc2nccn3nc(-c4ccc(Br)cc4)cc23)c1. The smallest absolute Gasteiger partial charge is 0.122 e. The molecule has 0 saturated heterocycles. The van der Waals surface area contributed by atoms with E-state index in [1.165, 1.54) is 16.7 Å². The molecule has 0 aliphatic rings. The fourth-order valence-electron chi connectivity index (χ4n) is 2.87. The van der Waals surface area contributed by atoms with Crippen molar-refractivity contribution in [1.82, 2.24) is 14.6 Å². The fraction of sp³-hybridized carbons (Fsp3) is 0.143. The van der Waals surface area contributed by atoms with Gasteiger partial charge in [-0.3, -0.25) is 0 Å². The lowest BCUT2D eigenvalue weighted by Crippen LogP contribution is -1.93. The van der Waals surface area contributed by atoms with Crippen LogP contribution in [0.25, 0.3) is 16.8 Å². The highest BCUT2D eigenvalue weighted by Gasteiger charge is 2.10. The molecule has 0 spiro atoms. The molecule has 0 radical (unpaired) electrons. The molecule has 0 unspecified atom stereocenters. The standard InChI is InChI=1S/C21H18BrN3S/c1-14-3-4-15(2)17(11-14)13-26-21-20-12-19(24-25(20)10-9-23-21)16-5-7-18(22)8-6-16/h3-12H,13H2,1-2H3. The molecular weight excluding hydrogens is 406 g/mol. The Morgan fingerprint density at radius 2 is 1.85 bits per heavy atom. The molecule has 0 fully saturated rings. The van der Waals surface area contributed by atoms with Gasteiger partial charge >= 0.3 is 0 Å². The van der Waals surface area contributed by atoms with E-state index in [0.717, 1.165) is 32.0 Å². The van der Waals surface area contributed by atoms with Crippen molar-refractivity contribution in [3.63, 3.8) is 0 Å². The van der Waals surface area contributed by atoms with Crippen LogP contribution in [0, 0.1) is 13.8 Å². The minimum atomic E-state index is 0.902. The van der Waals surface area contributed by atoms with Gasteiger partial charge in [0.1, 0.15) is 5.03 Å². The predicted molar refractivity (Wildman–Crippen MR) is 112 cm³/mol. The molecule has 0 aliphatic carbocycles. The molecule has 2 aromatic heterocycles. The van der Waals surface area contributed by atoms with Gasteiger partial charge in [-0.15, -0.1) is 0 Å². The van der Waals surface area contributed by atoms with Crippen molar-refractivity contribution in [3.05, 3.63) is 82.1 Å². The van der Waals surface area contributed by atoms with E-state index in [-0.39, 0.29) is 0 Å². The summed E-state index contributed by atoms with van der Waals surface area (Å²) in [6.07, 6.45) is 3.72. The van der Waals surface area contributed by atoms with Crippen molar-refractivity contribution < 1.29 is 0 Å². The summed E-state index contributed by atoms with van der Waals surface area (Å²) in [4.78, 5) is 4.59. The second-order valence-electron chi connectivity index (χ2n) is 6.32. The quantitative estimate of drug-likeness (QED) is 0.373. The van der Waals surface area contributed by atoms with Gasteiger partial charge in [0.15, 0.2) is 0 Å². The molecule has 0 atom stereocenters. The van der Waals surface area contributed by atoms with Crippen LogP contribution in [0.3, 0.4) is 0 Å². The number of nitrogens with zero attached hydrogens (tertiary/aromatic N) is 3. The van der Waals surface area contributed by atoms with Crippen LogP contribution in [0.4, 0.5) is 0 Å². The van der Waals surface area contributed by atoms with Crippen LogP contribution in [-0.2, 0) is 5.75 Å². The van der Waals surface area contributed by atoms with E-state index in [1.807, 2.05) is 29.0 Å². The van der Waals surface area contributed by atoms with Gasteiger partial charge in [-0.05, 0) is 43.2 Å². The highest BCUT2D eigenvalue weighted by Crippen LogP contribution is 2.29. The summed E-state index contributed by atoms with van der Waals surface area (Å²) >= 11 is 5.24. The average molecular weight is 424 g/mol. The van der Waals surface area contributed by atoms with E-state index in [2.05, 4.69) is 71.2 Å². The first-order valence-corrected chi connectivity index (χ1v) is 10.2. The lowest BCUT2D eigenvalue weighted by atomic mass is 10.1. The Balaban J connectivity index is 1.65. The minimum absolute atomic E-state index is 0.902. The van der Waals surface area contributed by atoms with Crippen LogP contribution in [0.1, 0.15) is 16.7 Å². The van der Waals surface area contributed by atoms with Gasteiger partial charge in [0.05, 0.1) is 11.2 Å². The Bertz CT molecular complexity index is 1070. The maximum absolute atomic E-state index is 4.71. The van der Waals surface area contributed by atoms with E-state index in [9.17, 15) is 0 Å². The topological polar surface area (TPSA) is 30.2 Å². The molecule has 130 valence electrons. The van der Waals surface area contributed by atoms with Gasteiger partial charge in [-0.25, -0.2) is 9.50 Å². The molecule has 0 aliphatic heterocycles. The van der Waals surface area contributed by atoms with Crippen LogP contribution in [0.15, 0.2) is 70.4 Å². The predicted octanol–water partition coefficient (Wildman–Crippen LogP) is 6.07. The van der Waals surface area contributed by atoms with Crippen molar-refractivity contribution in [2.75, 3.05) is 0 Å². The van der Waals surface area contributed by atoms with Crippen molar-refractivity contribution in [3.8, 4) is 11.3 Å². The van der Waals surface area contributed by atoms with Crippen molar-refractivity contribution in [2.45, 2.75) is 24.6 Å². The number of hydrogen-bond donors (Lipinski definition) is 0. The monoisotopic (exact) mass is 423 g/mol. The summed E-state index contributed by atoms with van der Waals surface area (Å²) in [7, 11) is 0. The van der Waals surface area contributed by atoms with Gasteiger partial charge in [-0.1, -0.05) is 63.6 Å². The highest BCUT2D eigenvalue weighted by molar-refractivity contribution is 9.10. The summed E-state index contributed by atoms with van der Waals surface area (Å²) < 4.78 is 2.98. The molecule has 3 nitrogen and oxygen atoms in total. The van der Waals surface area contributed by atoms with Crippen LogP contribution < -0.4 is 0 Å². The maximum atomic E-state index is 4.71. The summed E-state index contributed by atoms with van der Waals surface area (Å²) in [6.45, 7) is 4.29. The maximum Gasteiger partial charge on any atom is 0.122 e. The lowest BCUT2D eigenvalue weighted by Gasteiger charge is -2.07. The van der Waals surface area contributed by atoms with Crippen molar-refractivity contribution in [1.29, 1.82) is 0 Å². The summed E-state index contributed by atoms with van der Waals surface area (Å²) in [5.41, 5.74) is 7.06. The highest BCUT2D eigenvalue weighted by atomic mass is 79.9. The van der Waals surface area contributed by atoms with Crippen molar-refractivity contribution >= 4 is 33.2 Å². The lowest BCUT2D eigenvalue weighted by molar-refractivity contribution is 0.920. The Labute approximate surface area is 165 Å². The van der Waals surface area contributed by atoms with Crippen molar-refractivity contribution in [2.24, 2.45) is 0 Å². The Hall–Kier alpha value is -2.11. The number of fused-ring (bicyclic) bond motifs is 1. The van der Waals surface area contributed by atoms with E-state index in [4.69, 9.17) is 5.10 Å². The van der Waals surface area contributed by atoms with E-state index in [1.54, 1.807) is 11.8 Å². The first-order valence-electron chi connectivity index (χ1n) is 8.39. The third kappa shape index (κ3) is 3.55. The molecule has 4 aromatic rings. The molecule has 2 heterocycles. The third-order valence-corrected chi connectivity index (χ3v) is 5.94. The zero-order valence-electron chi connectivity index (χ0n) is 14.6. The Morgan fingerprint density at radius 1 is 1.04 bits per heavy atom. The average Bonchev–Trinajstić information content (AvgIpc) is 3.08. The van der Waals surface area contributed by atoms with Gasteiger partial charge in [0.25, 0.3) is 0 Å². The van der Waals surface area contributed by atoms with E-state index in [0.29, 0.717) is 0 Å². The zero-order valence-corrected chi connectivity index (χ0v) is 17.0. The third-order valence-electron chi connectivity index (χ3n) is 4.36. The van der Waals surface area contributed by atoms with Gasteiger partial charge < -0.3 is 0 Å². The molecule has 0 saturated carbocycles. The second-order valence-corrected chi connectivity index (χ2v) is 8.20. The normalized spacial score (nSPS) is 11.2. The molecule has 26 heavy (non-hydrogen) atoms. The molecule has 0 amide bonds. The largest absolute Gasteiger partial charge is 0.246 e. The molecule has 5 heteroatoms. The first kappa shape index (κ1) is 17.3. The fourth-order valence-corrected chi connectivity index (χ4v) is 4.18. The first-order chi connectivity index (χ1) is 12.6. The Kier molecular flexibility index (Phi) is 4.83. The number of thioether (sulfide) groups is 1.